The van der Waals surface area contributed by atoms with Gasteiger partial charge in [-0.15, -0.1) is 0 Å². The van der Waals surface area contributed by atoms with E-state index in [-0.39, 0.29) is 17.3 Å². The lowest BCUT2D eigenvalue weighted by atomic mass is 10.1. The van der Waals surface area contributed by atoms with Gasteiger partial charge in [0.2, 0.25) is 0 Å². The Morgan fingerprint density at radius 1 is 0.793 bits per heavy atom. The Kier molecular flexibility index (Phi) is 6.37. The molecule has 0 aromatic heterocycles. The maximum absolute atomic E-state index is 12.3. The van der Waals surface area contributed by atoms with Gasteiger partial charge in [0.15, 0.2) is 12.4 Å². The van der Waals surface area contributed by atoms with Gasteiger partial charge in [0, 0.05) is 16.8 Å². The Bertz CT molecular complexity index is 1030. The molecule has 0 aliphatic heterocycles. The number of amides is 1. The minimum absolute atomic E-state index is 0.231. The van der Waals surface area contributed by atoms with Crippen molar-refractivity contribution < 1.29 is 23.9 Å². The number of anilines is 1. The van der Waals surface area contributed by atoms with Crippen LogP contribution < -0.4 is 10.1 Å². The van der Waals surface area contributed by atoms with Gasteiger partial charge in [0.25, 0.3) is 5.91 Å². The zero-order valence-electron chi connectivity index (χ0n) is 15.8. The van der Waals surface area contributed by atoms with Crippen molar-refractivity contribution >= 4 is 23.3 Å². The van der Waals surface area contributed by atoms with E-state index in [0.717, 1.165) is 0 Å². The van der Waals surface area contributed by atoms with Crippen LogP contribution in [0.5, 0.6) is 5.75 Å². The van der Waals surface area contributed by atoms with E-state index in [4.69, 9.17) is 9.47 Å². The summed E-state index contributed by atoms with van der Waals surface area (Å²) in [4.78, 5) is 36.8. The van der Waals surface area contributed by atoms with Crippen LogP contribution in [0.2, 0.25) is 0 Å². The molecule has 3 aromatic rings. The summed E-state index contributed by atoms with van der Waals surface area (Å²) in [5.41, 5.74) is 1.58. The number of ketones is 1. The molecule has 3 rings (SSSR count). The van der Waals surface area contributed by atoms with E-state index in [9.17, 15) is 14.4 Å². The third-order valence-corrected chi connectivity index (χ3v) is 4.12. The van der Waals surface area contributed by atoms with Crippen molar-refractivity contribution in [1.29, 1.82) is 0 Å². The second-order valence-electron chi connectivity index (χ2n) is 6.13. The lowest BCUT2D eigenvalue weighted by Crippen LogP contribution is -2.15. The molecule has 6 nitrogen and oxygen atoms in total. The van der Waals surface area contributed by atoms with Gasteiger partial charge in [-0.3, -0.25) is 9.59 Å². The molecule has 0 aliphatic carbocycles. The van der Waals surface area contributed by atoms with Gasteiger partial charge < -0.3 is 14.8 Å². The summed E-state index contributed by atoms with van der Waals surface area (Å²) in [6, 6.07) is 21.7. The molecular formula is C23H19NO5. The Balaban J connectivity index is 1.61. The number of esters is 1. The Morgan fingerprint density at radius 3 is 2.24 bits per heavy atom. The van der Waals surface area contributed by atoms with Gasteiger partial charge in [0.05, 0.1) is 12.7 Å². The fraction of sp³-hybridized carbons (Fsp3) is 0.0870. The number of ether oxygens (including phenoxy) is 2. The molecule has 0 aliphatic rings. The van der Waals surface area contributed by atoms with E-state index in [0.29, 0.717) is 22.6 Å². The van der Waals surface area contributed by atoms with E-state index in [1.807, 2.05) is 6.07 Å². The van der Waals surface area contributed by atoms with E-state index in [1.54, 1.807) is 66.7 Å². The number of methoxy groups -OCH3 is 1. The summed E-state index contributed by atoms with van der Waals surface area (Å²) in [5, 5.41) is 2.73. The molecule has 1 N–H and O–H groups in total. The second-order valence-corrected chi connectivity index (χ2v) is 6.13. The molecule has 0 bridgehead atoms. The number of rotatable bonds is 7. The molecular weight excluding hydrogens is 370 g/mol. The third-order valence-electron chi connectivity index (χ3n) is 4.12. The van der Waals surface area contributed by atoms with E-state index in [1.165, 1.54) is 13.2 Å². The van der Waals surface area contributed by atoms with Crippen LogP contribution in [-0.2, 0) is 4.74 Å². The number of hydrogen-bond acceptors (Lipinski definition) is 5. The first-order valence-corrected chi connectivity index (χ1v) is 8.87. The minimum atomic E-state index is -0.656. The minimum Gasteiger partial charge on any atom is -0.497 e. The van der Waals surface area contributed by atoms with Gasteiger partial charge in [0.1, 0.15) is 5.75 Å². The molecule has 1 amide bonds. The molecule has 3 aromatic carbocycles. The highest BCUT2D eigenvalue weighted by atomic mass is 16.5. The fourth-order valence-electron chi connectivity index (χ4n) is 2.61. The van der Waals surface area contributed by atoms with Crippen LogP contribution in [0.1, 0.15) is 31.1 Å². The molecule has 6 heteroatoms. The number of hydrogen-bond donors (Lipinski definition) is 1. The van der Waals surface area contributed by atoms with Crippen molar-refractivity contribution in [2.24, 2.45) is 0 Å². The normalized spacial score (nSPS) is 10.1. The predicted molar refractivity (Wildman–Crippen MR) is 108 cm³/mol. The summed E-state index contributed by atoms with van der Waals surface area (Å²) >= 11 is 0. The van der Waals surface area contributed by atoms with Gasteiger partial charge in [-0.2, -0.15) is 0 Å². The number of Topliss-reactive ketones (excluding diaryl/α,β-unsaturated/α-hetero) is 1. The highest BCUT2D eigenvalue weighted by Gasteiger charge is 2.14. The summed E-state index contributed by atoms with van der Waals surface area (Å²) in [7, 11) is 1.51. The quantitative estimate of drug-likeness (QED) is 0.488. The van der Waals surface area contributed by atoms with Crippen LogP contribution in [0.4, 0.5) is 5.69 Å². The number of nitrogens with one attached hydrogen (secondary N) is 1. The molecule has 0 unspecified atom stereocenters. The number of carbonyl (C=O) groups excluding carboxylic acids is 3. The molecule has 0 radical (unpaired) electrons. The second kappa shape index (κ2) is 9.32. The van der Waals surface area contributed by atoms with Gasteiger partial charge in [-0.25, -0.2) is 4.79 Å². The first kappa shape index (κ1) is 19.8. The third kappa shape index (κ3) is 5.29. The standard InChI is InChI=1S/C23H19NO5/c1-28-20-12-6-9-17(14-20)21(25)15-29-23(27)18-10-5-11-19(13-18)24-22(26)16-7-3-2-4-8-16/h2-14H,15H2,1H3,(H,24,26). The number of benzene rings is 3. The summed E-state index contributed by atoms with van der Waals surface area (Å²) in [6.07, 6.45) is 0. The smallest absolute Gasteiger partial charge is 0.338 e. The number of carbonyl (C=O) groups is 3. The first-order valence-electron chi connectivity index (χ1n) is 8.87. The van der Waals surface area contributed by atoms with Gasteiger partial charge in [-0.1, -0.05) is 36.4 Å². The van der Waals surface area contributed by atoms with Crippen LogP contribution in [-0.4, -0.2) is 31.4 Å². The zero-order chi connectivity index (χ0) is 20.6. The molecule has 146 valence electrons. The summed E-state index contributed by atoms with van der Waals surface area (Å²) in [6.45, 7) is -0.396. The lowest BCUT2D eigenvalue weighted by molar-refractivity contribution is 0.0474. The topological polar surface area (TPSA) is 81.7 Å². The average Bonchev–Trinajstić information content (AvgIpc) is 2.78. The molecule has 29 heavy (non-hydrogen) atoms. The maximum Gasteiger partial charge on any atom is 0.338 e. The van der Waals surface area contributed by atoms with Crippen molar-refractivity contribution in [3.05, 3.63) is 95.6 Å². The highest BCUT2D eigenvalue weighted by Crippen LogP contribution is 2.15. The van der Waals surface area contributed by atoms with Crippen molar-refractivity contribution in [3.8, 4) is 5.75 Å². The Hall–Kier alpha value is -3.93. The molecule has 0 saturated carbocycles. The molecule has 0 fully saturated rings. The Morgan fingerprint density at radius 2 is 1.48 bits per heavy atom. The van der Waals surface area contributed by atoms with Crippen LogP contribution >= 0.6 is 0 Å². The molecule has 0 spiro atoms. The monoisotopic (exact) mass is 389 g/mol. The van der Waals surface area contributed by atoms with Crippen LogP contribution in [0.25, 0.3) is 0 Å². The SMILES string of the molecule is COc1cccc(C(=O)COC(=O)c2cccc(NC(=O)c3ccccc3)c2)c1. The average molecular weight is 389 g/mol. The van der Waals surface area contributed by atoms with E-state index >= 15 is 0 Å². The van der Waals surface area contributed by atoms with Crippen LogP contribution in [0.15, 0.2) is 78.9 Å². The molecule has 0 saturated heterocycles. The van der Waals surface area contributed by atoms with Crippen LogP contribution in [0.3, 0.4) is 0 Å². The van der Waals surface area contributed by atoms with Crippen molar-refractivity contribution in [3.63, 3.8) is 0 Å². The van der Waals surface area contributed by atoms with Crippen molar-refractivity contribution in [2.75, 3.05) is 19.0 Å². The Labute approximate surface area is 168 Å². The summed E-state index contributed by atoms with van der Waals surface area (Å²) < 4.78 is 10.2. The molecule has 0 heterocycles. The largest absolute Gasteiger partial charge is 0.497 e. The first-order chi connectivity index (χ1) is 14.1. The zero-order valence-corrected chi connectivity index (χ0v) is 15.8. The maximum atomic E-state index is 12.3. The van der Waals surface area contributed by atoms with Gasteiger partial charge in [-0.05, 0) is 42.5 Å². The lowest BCUT2D eigenvalue weighted by Gasteiger charge is -2.08. The fourth-order valence-corrected chi connectivity index (χ4v) is 2.61. The summed E-state index contributed by atoms with van der Waals surface area (Å²) in [5.74, 6) is -0.740. The molecule has 0 atom stereocenters. The predicted octanol–water partition coefficient (Wildman–Crippen LogP) is 3.99. The van der Waals surface area contributed by atoms with Crippen molar-refractivity contribution in [1.82, 2.24) is 0 Å². The highest BCUT2D eigenvalue weighted by molar-refractivity contribution is 6.05. The van der Waals surface area contributed by atoms with Crippen molar-refractivity contribution in [2.45, 2.75) is 0 Å². The van der Waals surface area contributed by atoms with E-state index < -0.39 is 12.6 Å². The van der Waals surface area contributed by atoms with E-state index in [2.05, 4.69) is 5.32 Å². The van der Waals surface area contributed by atoms with Gasteiger partial charge >= 0.3 is 5.97 Å². The van der Waals surface area contributed by atoms with Crippen LogP contribution in [0, 0.1) is 0 Å².